The van der Waals surface area contributed by atoms with Gasteiger partial charge < -0.3 is 25.4 Å². The van der Waals surface area contributed by atoms with Gasteiger partial charge in [-0.15, -0.1) is 11.8 Å². The Bertz CT molecular complexity index is 1680. The maximum absolute atomic E-state index is 13.4. The first kappa shape index (κ1) is 32.1. The number of amides is 3. The number of hydrogen-bond donors (Lipinski definition) is 3. The van der Waals surface area contributed by atoms with Crippen LogP contribution in [0.5, 0.6) is 11.5 Å². The molecule has 4 aromatic rings. The van der Waals surface area contributed by atoms with Gasteiger partial charge in [-0.3, -0.25) is 14.4 Å². The van der Waals surface area contributed by atoms with E-state index in [9.17, 15) is 18.8 Å². The van der Waals surface area contributed by atoms with Crippen LogP contribution in [0.1, 0.15) is 22.8 Å². The van der Waals surface area contributed by atoms with E-state index in [0.717, 1.165) is 4.90 Å². The van der Waals surface area contributed by atoms with Crippen LogP contribution in [-0.2, 0) is 9.59 Å². The molecule has 1 unspecified atom stereocenters. The fourth-order valence-electron chi connectivity index (χ4n) is 3.94. The summed E-state index contributed by atoms with van der Waals surface area (Å²) in [5.41, 5.74) is 1.87. The molecule has 44 heavy (non-hydrogen) atoms. The van der Waals surface area contributed by atoms with Gasteiger partial charge >= 0.3 is 0 Å². The van der Waals surface area contributed by atoms with Crippen molar-refractivity contribution in [3.63, 3.8) is 0 Å². The normalized spacial score (nSPS) is 11.7. The smallest absolute Gasteiger partial charge is 0.272 e. The van der Waals surface area contributed by atoms with Gasteiger partial charge in [-0.2, -0.15) is 0 Å². The molecule has 1 atom stereocenters. The van der Waals surface area contributed by atoms with Crippen molar-refractivity contribution in [1.82, 2.24) is 5.32 Å². The van der Waals surface area contributed by atoms with Gasteiger partial charge in [0.1, 0.15) is 11.5 Å². The van der Waals surface area contributed by atoms with Crippen molar-refractivity contribution in [1.29, 1.82) is 0 Å². The lowest BCUT2D eigenvalue weighted by Crippen LogP contribution is -2.30. The number of carbonyl (C=O) groups excluding carboxylic acids is 3. The molecule has 4 rings (SSSR count). The van der Waals surface area contributed by atoms with Crippen molar-refractivity contribution in [3.05, 3.63) is 119 Å². The summed E-state index contributed by atoms with van der Waals surface area (Å²) in [5.74, 6) is -0.860. The van der Waals surface area contributed by atoms with E-state index in [0.29, 0.717) is 34.0 Å². The number of methoxy groups -OCH3 is 2. The number of rotatable bonds is 11. The van der Waals surface area contributed by atoms with Gasteiger partial charge in [-0.1, -0.05) is 35.9 Å². The van der Waals surface area contributed by atoms with Gasteiger partial charge in [0, 0.05) is 21.8 Å². The first-order chi connectivity index (χ1) is 21.2. The van der Waals surface area contributed by atoms with E-state index in [1.54, 1.807) is 79.7 Å². The third kappa shape index (κ3) is 8.62. The lowest BCUT2D eigenvalue weighted by atomic mass is 10.1. The van der Waals surface area contributed by atoms with E-state index in [4.69, 9.17) is 21.1 Å². The third-order valence-electron chi connectivity index (χ3n) is 6.23. The van der Waals surface area contributed by atoms with Crippen molar-refractivity contribution < 1.29 is 28.2 Å². The quantitative estimate of drug-likeness (QED) is 0.121. The lowest BCUT2D eigenvalue weighted by molar-refractivity contribution is -0.115. The van der Waals surface area contributed by atoms with E-state index < -0.39 is 22.9 Å². The molecule has 226 valence electrons. The van der Waals surface area contributed by atoms with E-state index in [-0.39, 0.29) is 16.6 Å². The number of nitrogens with one attached hydrogen (secondary N) is 3. The molecule has 3 N–H and O–H groups in total. The van der Waals surface area contributed by atoms with Crippen LogP contribution in [-0.4, -0.2) is 37.2 Å². The Labute approximate surface area is 263 Å². The summed E-state index contributed by atoms with van der Waals surface area (Å²) >= 11 is 7.10. The Morgan fingerprint density at radius 1 is 0.841 bits per heavy atom. The maximum atomic E-state index is 13.4. The SMILES string of the molecule is COc1ccc(/C=C(\NC(=O)c2ccccc2)C(=O)Nc2ccc(SC(C)C(=O)Nc3ccc(F)c(Cl)c3)cc2)cc1OC. The number of benzene rings is 4. The second-order valence-corrected chi connectivity index (χ2v) is 11.2. The maximum Gasteiger partial charge on any atom is 0.272 e. The topological polar surface area (TPSA) is 106 Å². The minimum Gasteiger partial charge on any atom is -0.493 e. The van der Waals surface area contributed by atoms with Gasteiger partial charge in [0.05, 0.1) is 24.5 Å². The zero-order valence-corrected chi connectivity index (χ0v) is 25.6. The van der Waals surface area contributed by atoms with Crippen LogP contribution in [0.3, 0.4) is 0 Å². The zero-order valence-electron chi connectivity index (χ0n) is 24.0. The number of ether oxygens (including phenoxy) is 2. The van der Waals surface area contributed by atoms with Crippen LogP contribution in [0.25, 0.3) is 6.08 Å². The Balaban J connectivity index is 1.47. The van der Waals surface area contributed by atoms with Crippen molar-refractivity contribution >= 4 is 58.5 Å². The van der Waals surface area contributed by atoms with E-state index >= 15 is 0 Å². The van der Waals surface area contributed by atoms with E-state index in [2.05, 4.69) is 16.0 Å². The number of carbonyl (C=O) groups is 3. The Morgan fingerprint density at radius 3 is 2.18 bits per heavy atom. The van der Waals surface area contributed by atoms with Gasteiger partial charge in [0.2, 0.25) is 5.91 Å². The molecule has 11 heteroatoms. The fraction of sp³-hybridized carbons (Fsp3) is 0.121. The summed E-state index contributed by atoms with van der Waals surface area (Å²) in [6, 6.07) is 24.5. The van der Waals surface area contributed by atoms with Crippen LogP contribution in [0.2, 0.25) is 5.02 Å². The molecule has 0 aliphatic carbocycles. The molecule has 0 spiro atoms. The van der Waals surface area contributed by atoms with Crippen LogP contribution in [0, 0.1) is 5.82 Å². The van der Waals surface area contributed by atoms with Crippen LogP contribution in [0.15, 0.2) is 102 Å². The largest absolute Gasteiger partial charge is 0.493 e. The summed E-state index contributed by atoms with van der Waals surface area (Å²) < 4.78 is 24.1. The predicted octanol–water partition coefficient (Wildman–Crippen LogP) is 7.03. The standard InChI is InChI=1S/C33H29ClFN3O5S/c1-20(31(39)37-24-12-15-27(35)26(34)19-24)44-25-13-10-23(11-14-25)36-33(41)28(38-32(40)22-7-5-4-6-8-22)17-21-9-16-29(42-2)30(18-21)43-3/h4-20H,1-3H3,(H,36,41)(H,37,39)(H,38,40)/b28-17-. The Morgan fingerprint density at radius 2 is 1.52 bits per heavy atom. The molecule has 0 aromatic heterocycles. The first-order valence-corrected chi connectivity index (χ1v) is 14.6. The highest BCUT2D eigenvalue weighted by Gasteiger charge is 2.18. The molecule has 8 nitrogen and oxygen atoms in total. The molecule has 0 heterocycles. The number of anilines is 2. The molecule has 0 radical (unpaired) electrons. The summed E-state index contributed by atoms with van der Waals surface area (Å²) in [4.78, 5) is 39.7. The van der Waals surface area contributed by atoms with Crippen LogP contribution < -0.4 is 25.4 Å². The van der Waals surface area contributed by atoms with E-state index in [1.807, 2.05) is 0 Å². The molecule has 0 saturated heterocycles. The second kappa shape index (κ2) is 15.1. The minimum absolute atomic E-state index is 0.00992. The van der Waals surface area contributed by atoms with Gasteiger partial charge in [-0.05, 0) is 85.3 Å². The molecule has 4 aromatic carbocycles. The van der Waals surface area contributed by atoms with E-state index in [1.165, 1.54) is 50.3 Å². The molecule has 0 aliphatic rings. The second-order valence-electron chi connectivity index (χ2n) is 9.35. The van der Waals surface area contributed by atoms with Crippen molar-refractivity contribution in [2.45, 2.75) is 17.1 Å². The van der Waals surface area contributed by atoms with Crippen molar-refractivity contribution in [2.24, 2.45) is 0 Å². The van der Waals surface area contributed by atoms with Gasteiger partial charge in [0.25, 0.3) is 11.8 Å². The molecule has 0 saturated carbocycles. The molecule has 0 aliphatic heterocycles. The highest BCUT2D eigenvalue weighted by molar-refractivity contribution is 8.00. The summed E-state index contributed by atoms with van der Waals surface area (Å²) in [5, 5.41) is 7.66. The third-order valence-corrected chi connectivity index (χ3v) is 7.63. The molecular formula is C33H29ClFN3O5S. The van der Waals surface area contributed by atoms with Gasteiger partial charge in [-0.25, -0.2) is 4.39 Å². The minimum atomic E-state index is -0.568. The first-order valence-electron chi connectivity index (χ1n) is 13.3. The number of thioether (sulfide) groups is 1. The Kier molecular flexibility index (Phi) is 11.0. The summed E-state index contributed by atoms with van der Waals surface area (Å²) in [6.07, 6.45) is 1.54. The predicted molar refractivity (Wildman–Crippen MR) is 172 cm³/mol. The highest BCUT2D eigenvalue weighted by Crippen LogP contribution is 2.29. The molecule has 0 fully saturated rings. The average Bonchev–Trinajstić information content (AvgIpc) is 3.03. The van der Waals surface area contributed by atoms with Crippen molar-refractivity contribution in [2.75, 3.05) is 24.9 Å². The average molecular weight is 634 g/mol. The number of halogens is 2. The monoisotopic (exact) mass is 633 g/mol. The number of hydrogen-bond acceptors (Lipinski definition) is 6. The lowest BCUT2D eigenvalue weighted by Gasteiger charge is -2.14. The molecular weight excluding hydrogens is 605 g/mol. The van der Waals surface area contributed by atoms with Crippen molar-refractivity contribution in [3.8, 4) is 11.5 Å². The highest BCUT2D eigenvalue weighted by atomic mass is 35.5. The molecule has 3 amide bonds. The van der Waals surface area contributed by atoms with Crippen LogP contribution in [0.4, 0.5) is 15.8 Å². The Hall–Kier alpha value is -4.80. The van der Waals surface area contributed by atoms with Crippen LogP contribution >= 0.6 is 23.4 Å². The zero-order chi connectivity index (χ0) is 31.6. The molecule has 0 bridgehead atoms. The summed E-state index contributed by atoms with van der Waals surface area (Å²) in [7, 11) is 3.03. The fourth-order valence-corrected chi connectivity index (χ4v) is 4.99. The summed E-state index contributed by atoms with van der Waals surface area (Å²) in [6.45, 7) is 1.74. The van der Waals surface area contributed by atoms with Gasteiger partial charge in [0.15, 0.2) is 11.5 Å².